The molecule has 12 heavy (non-hydrogen) atoms. The monoisotopic (exact) mass is 170 g/mol. The summed E-state index contributed by atoms with van der Waals surface area (Å²) < 4.78 is 5.63. The molecule has 2 heteroatoms. The van der Waals surface area contributed by atoms with Crippen LogP contribution in [0.5, 0.6) is 0 Å². The average Bonchev–Trinajstić information content (AvgIpc) is 1.93. The minimum atomic E-state index is 0.0350. The van der Waals surface area contributed by atoms with E-state index in [0.29, 0.717) is 12.3 Å². The predicted octanol–water partition coefficient (Wildman–Crippen LogP) is 2.17. The van der Waals surface area contributed by atoms with Crippen LogP contribution in [-0.4, -0.2) is 18.0 Å². The average molecular weight is 170 g/mol. The van der Waals surface area contributed by atoms with E-state index >= 15 is 0 Å². The minimum absolute atomic E-state index is 0.0350. The molecule has 0 aromatic carbocycles. The molecule has 0 radical (unpaired) electrons. The topological polar surface area (TPSA) is 26.3 Å². The van der Waals surface area contributed by atoms with Crippen LogP contribution in [0.15, 0.2) is 0 Å². The van der Waals surface area contributed by atoms with Gasteiger partial charge in [0.05, 0.1) is 12.2 Å². The van der Waals surface area contributed by atoms with E-state index in [0.717, 1.165) is 19.4 Å². The summed E-state index contributed by atoms with van der Waals surface area (Å²) in [6.07, 6.45) is 2.90. The smallest absolute Gasteiger partial charge is 0.130 e. The van der Waals surface area contributed by atoms with Crippen LogP contribution in [0.3, 0.4) is 0 Å². The molecule has 0 saturated carbocycles. The summed E-state index contributed by atoms with van der Waals surface area (Å²) in [5.74, 6) is 0.749. The Bertz CT molecular complexity index is 163. The van der Waals surface area contributed by atoms with Gasteiger partial charge in [-0.15, -0.1) is 0 Å². The summed E-state index contributed by atoms with van der Waals surface area (Å²) in [7, 11) is 0. The van der Waals surface area contributed by atoms with Gasteiger partial charge in [0, 0.05) is 6.42 Å². The lowest BCUT2D eigenvalue weighted by Gasteiger charge is -2.34. The van der Waals surface area contributed by atoms with Gasteiger partial charge in [-0.05, 0) is 39.5 Å². The fourth-order valence-electron chi connectivity index (χ4n) is 1.62. The first-order chi connectivity index (χ1) is 5.49. The second kappa shape index (κ2) is 3.56. The molecule has 1 saturated heterocycles. The molecular formula is C10H18O2. The summed E-state index contributed by atoms with van der Waals surface area (Å²) in [5, 5.41) is 0. The van der Waals surface area contributed by atoms with Crippen molar-refractivity contribution in [3.63, 3.8) is 0 Å². The summed E-state index contributed by atoms with van der Waals surface area (Å²) in [6.45, 7) is 6.63. The number of carbonyl (C=O) groups excluding carboxylic acids is 1. The van der Waals surface area contributed by atoms with Crippen LogP contribution in [0.25, 0.3) is 0 Å². The molecule has 0 bridgehead atoms. The molecular weight excluding hydrogens is 152 g/mol. The van der Waals surface area contributed by atoms with Crippen molar-refractivity contribution in [1.82, 2.24) is 0 Å². The zero-order valence-corrected chi connectivity index (χ0v) is 8.22. The zero-order chi connectivity index (χ0) is 9.19. The third-order valence-corrected chi connectivity index (χ3v) is 2.44. The lowest BCUT2D eigenvalue weighted by Crippen LogP contribution is -2.34. The van der Waals surface area contributed by atoms with Crippen LogP contribution in [0.1, 0.15) is 40.0 Å². The van der Waals surface area contributed by atoms with Gasteiger partial charge in [-0.3, -0.25) is 0 Å². The quantitative estimate of drug-likeness (QED) is 0.635. The molecule has 1 fully saturated rings. The lowest BCUT2D eigenvalue weighted by atomic mass is 9.89. The Morgan fingerprint density at radius 2 is 2.25 bits per heavy atom. The van der Waals surface area contributed by atoms with Gasteiger partial charge in [0.25, 0.3) is 0 Å². The molecule has 70 valence electrons. The van der Waals surface area contributed by atoms with Crippen molar-refractivity contribution in [2.45, 2.75) is 45.6 Å². The molecule has 0 amide bonds. The number of Topliss-reactive ketones (excluding diaryl/α,β-unsaturated/α-hetero) is 1. The van der Waals surface area contributed by atoms with E-state index in [4.69, 9.17) is 4.74 Å². The Morgan fingerprint density at radius 1 is 1.58 bits per heavy atom. The first-order valence-corrected chi connectivity index (χ1v) is 4.63. The second-order valence-electron chi connectivity index (χ2n) is 4.38. The van der Waals surface area contributed by atoms with Crippen LogP contribution in [-0.2, 0) is 9.53 Å². The normalized spacial score (nSPS) is 28.4. The molecule has 1 aliphatic rings. The highest BCUT2D eigenvalue weighted by Gasteiger charge is 2.27. The first-order valence-electron chi connectivity index (χ1n) is 4.63. The molecule has 2 nitrogen and oxygen atoms in total. The highest BCUT2D eigenvalue weighted by Crippen LogP contribution is 2.28. The highest BCUT2D eigenvalue weighted by molar-refractivity contribution is 5.75. The van der Waals surface area contributed by atoms with Crippen molar-refractivity contribution in [1.29, 1.82) is 0 Å². The molecule has 0 aromatic heterocycles. The number of carbonyl (C=O) groups is 1. The summed E-state index contributed by atoms with van der Waals surface area (Å²) in [4.78, 5) is 10.8. The predicted molar refractivity (Wildman–Crippen MR) is 48.1 cm³/mol. The van der Waals surface area contributed by atoms with E-state index in [9.17, 15) is 4.79 Å². The third-order valence-electron chi connectivity index (χ3n) is 2.44. The fourth-order valence-corrected chi connectivity index (χ4v) is 1.62. The van der Waals surface area contributed by atoms with Crippen LogP contribution in [0.4, 0.5) is 0 Å². The first kappa shape index (κ1) is 9.72. The minimum Gasteiger partial charge on any atom is -0.375 e. The highest BCUT2D eigenvalue weighted by atomic mass is 16.5. The lowest BCUT2D eigenvalue weighted by molar-refractivity contribution is -0.122. The summed E-state index contributed by atoms with van der Waals surface area (Å²) in [6, 6.07) is 0. The van der Waals surface area contributed by atoms with Crippen LogP contribution in [0.2, 0.25) is 0 Å². The number of ketones is 1. The van der Waals surface area contributed by atoms with E-state index in [2.05, 4.69) is 13.8 Å². The van der Waals surface area contributed by atoms with Gasteiger partial charge < -0.3 is 9.53 Å². The molecule has 1 heterocycles. The van der Waals surface area contributed by atoms with Crippen LogP contribution in [0, 0.1) is 5.92 Å². The van der Waals surface area contributed by atoms with E-state index in [1.807, 2.05) is 0 Å². The van der Waals surface area contributed by atoms with Crippen molar-refractivity contribution in [2.24, 2.45) is 5.92 Å². The number of hydrogen-bond donors (Lipinski definition) is 0. The molecule has 0 unspecified atom stereocenters. The van der Waals surface area contributed by atoms with Gasteiger partial charge >= 0.3 is 0 Å². The SMILES string of the molecule is CC(=O)C[C@H]1CCC(C)(C)OC1. The molecule has 0 aliphatic carbocycles. The molecule has 1 rings (SSSR count). The number of ether oxygens (including phenoxy) is 1. The molecule has 0 spiro atoms. The van der Waals surface area contributed by atoms with Gasteiger partial charge in [-0.25, -0.2) is 0 Å². The van der Waals surface area contributed by atoms with Crippen molar-refractivity contribution < 1.29 is 9.53 Å². The van der Waals surface area contributed by atoms with Gasteiger partial charge in [-0.1, -0.05) is 0 Å². The van der Waals surface area contributed by atoms with Crippen molar-refractivity contribution >= 4 is 5.78 Å². The van der Waals surface area contributed by atoms with E-state index < -0.39 is 0 Å². The maximum atomic E-state index is 10.8. The largest absolute Gasteiger partial charge is 0.375 e. The van der Waals surface area contributed by atoms with Gasteiger partial charge in [0.2, 0.25) is 0 Å². The summed E-state index contributed by atoms with van der Waals surface area (Å²) in [5.41, 5.74) is 0.0350. The van der Waals surface area contributed by atoms with Crippen LogP contribution >= 0.6 is 0 Å². The van der Waals surface area contributed by atoms with Crippen molar-refractivity contribution in [3.05, 3.63) is 0 Å². The molecule has 1 atom stereocenters. The standard InChI is InChI=1S/C10H18O2/c1-8(11)6-9-4-5-10(2,3)12-7-9/h9H,4-7H2,1-3H3/t9-/m1/s1. The zero-order valence-electron chi connectivity index (χ0n) is 8.22. The Balaban J connectivity index is 2.31. The van der Waals surface area contributed by atoms with Crippen molar-refractivity contribution in [3.8, 4) is 0 Å². The van der Waals surface area contributed by atoms with Crippen LogP contribution < -0.4 is 0 Å². The fraction of sp³-hybridized carbons (Fsp3) is 0.900. The van der Waals surface area contributed by atoms with E-state index in [-0.39, 0.29) is 11.4 Å². The van der Waals surface area contributed by atoms with Gasteiger partial charge in [0.15, 0.2) is 0 Å². The summed E-state index contributed by atoms with van der Waals surface area (Å²) >= 11 is 0. The maximum absolute atomic E-state index is 10.8. The van der Waals surface area contributed by atoms with Gasteiger partial charge in [0.1, 0.15) is 5.78 Å². The third kappa shape index (κ3) is 2.94. The van der Waals surface area contributed by atoms with Crippen molar-refractivity contribution in [2.75, 3.05) is 6.61 Å². The Kier molecular flexibility index (Phi) is 2.89. The van der Waals surface area contributed by atoms with E-state index in [1.165, 1.54) is 0 Å². The Morgan fingerprint density at radius 3 is 2.67 bits per heavy atom. The van der Waals surface area contributed by atoms with E-state index in [1.54, 1.807) is 6.92 Å². The maximum Gasteiger partial charge on any atom is 0.130 e. The molecule has 1 aliphatic heterocycles. The number of hydrogen-bond acceptors (Lipinski definition) is 2. The second-order valence-corrected chi connectivity index (χ2v) is 4.38. The molecule has 0 N–H and O–H groups in total. The van der Waals surface area contributed by atoms with Gasteiger partial charge in [-0.2, -0.15) is 0 Å². The Labute approximate surface area is 74.3 Å². The Hall–Kier alpha value is -0.370. The molecule has 0 aromatic rings. The number of rotatable bonds is 2.